The van der Waals surface area contributed by atoms with Gasteiger partial charge in [-0.3, -0.25) is 0 Å². The molecule has 78 valence electrons. The predicted molar refractivity (Wildman–Crippen MR) is 57.3 cm³/mol. The van der Waals surface area contributed by atoms with Crippen LogP contribution in [0.4, 0.5) is 11.9 Å². The van der Waals surface area contributed by atoms with Gasteiger partial charge in [-0.15, -0.1) is 11.6 Å². The SMILES string of the molecule is CC(C)Nc1nc(N)nc(C(C)Cl)n1. The summed E-state index contributed by atoms with van der Waals surface area (Å²) in [4.78, 5) is 12.0. The summed E-state index contributed by atoms with van der Waals surface area (Å²) in [6, 6.07) is 0.246. The minimum Gasteiger partial charge on any atom is -0.368 e. The van der Waals surface area contributed by atoms with E-state index in [9.17, 15) is 0 Å². The van der Waals surface area contributed by atoms with Crippen LogP contribution in [0.5, 0.6) is 0 Å². The fourth-order valence-electron chi connectivity index (χ4n) is 0.910. The normalized spacial score (nSPS) is 12.9. The van der Waals surface area contributed by atoms with Gasteiger partial charge < -0.3 is 11.1 Å². The summed E-state index contributed by atoms with van der Waals surface area (Å²) in [5.41, 5.74) is 5.51. The summed E-state index contributed by atoms with van der Waals surface area (Å²) in [6.07, 6.45) is 0. The average molecular weight is 216 g/mol. The fourth-order valence-corrected chi connectivity index (χ4v) is 1.01. The van der Waals surface area contributed by atoms with Gasteiger partial charge in [-0.05, 0) is 20.8 Å². The molecule has 14 heavy (non-hydrogen) atoms. The number of hydrogen-bond acceptors (Lipinski definition) is 5. The summed E-state index contributed by atoms with van der Waals surface area (Å²) in [5.74, 6) is 1.14. The Bertz CT molecular complexity index is 313. The van der Waals surface area contributed by atoms with Gasteiger partial charge in [0.2, 0.25) is 11.9 Å². The Kier molecular flexibility index (Phi) is 3.46. The van der Waals surface area contributed by atoms with E-state index >= 15 is 0 Å². The van der Waals surface area contributed by atoms with Crippen LogP contribution in [0.2, 0.25) is 0 Å². The second kappa shape index (κ2) is 4.41. The van der Waals surface area contributed by atoms with Crippen molar-refractivity contribution in [1.82, 2.24) is 15.0 Å². The molecular formula is C8H14ClN5. The number of anilines is 2. The number of aromatic nitrogens is 3. The monoisotopic (exact) mass is 215 g/mol. The van der Waals surface area contributed by atoms with E-state index in [-0.39, 0.29) is 17.4 Å². The molecule has 1 aromatic heterocycles. The molecule has 0 aliphatic heterocycles. The third kappa shape index (κ3) is 2.99. The molecule has 0 aliphatic carbocycles. The Morgan fingerprint density at radius 3 is 2.36 bits per heavy atom. The van der Waals surface area contributed by atoms with E-state index in [1.165, 1.54) is 0 Å². The van der Waals surface area contributed by atoms with Crippen molar-refractivity contribution in [2.45, 2.75) is 32.2 Å². The standard InChI is InChI=1S/C8H14ClN5/c1-4(2)11-8-13-6(5(3)9)12-7(10)14-8/h4-5H,1-3H3,(H3,10,11,12,13,14). The number of rotatable bonds is 3. The van der Waals surface area contributed by atoms with Crippen LogP contribution in [-0.4, -0.2) is 21.0 Å². The zero-order valence-electron chi connectivity index (χ0n) is 8.45. The third-order valence-electron chi connectivity index (χ3n) is 1.44. The summed E-state index contributed by atoms with van der Waals surface area (Å²) in [5, 5.41) is 2.77. The zero-order valence-corrected chi connectivity index (χ0v) is 9.21. The molecule has 0 fully saturated rings. The molecule has 1 rings (SSSR count). The number of nitrogens with zero attached hydrogens (tertiary/aromatic N) is 3. The molecular weight excluding hydrogens is 202 g/mol. The molecule has 0 saturated carbocycles. The van der Waals surface area contributed by atoms with Crippen LogP contribution >= 0.6 is 11.6 Å². The maximum Gasteiger partial charge on any atom is 0.227 e. The van der Waals surface area contributed by atoms with Crippen molar-refractivity contribution in [3.63, 3.8) is 0 Å². The van der Waals surface area contributed by atoms with Crippen molar-refractivity contribution in [2.24, 2.45) is 0 Å². The lowest BCUT2D eigenvalue weighted by Gasteiger charge is -2.10. The first-order valence-corrected chi connectivity index (χ1v) is 4.84. The Morgan fingerprint density at radius 2 is 1.86 bits per heavy atom. The zero-order chi connectivity index (χ0) is 10.7. The Hall–Kier alpha value is -1.10. The van der Waals surface area contributed by atoms with Crippen molar-refractivity contribution in [3.8, 4) is 0 Å². The van der Waals surface area contributed by atoms with Gasteiger partial charge in [-0.1, -0.05) is 0 Å². The Labute approximate surface area is 88.1 Å². The molecule has 6 heteroatoms. The van der Waals surface area contributed by atoms with Gasteiger partial charge in [-0.2, -0.15) is 15.0 Å². The van der Waals surface area contributed by atoms with E-state index in [0.29, 0.717) is 11.8 Å². The van der Waals surface area contributed by atoms with Crippen LogP contribution in [0.15, 0.2) is 0 Å². The first-order chi connectivity index (χ1) is 6.49. The number of alkyl halides is 1. The molecule has 0 bridgehead atoms. The van der Waals surface area contributed by atoms with Crippen molar-refractivity contribution in [1.29, 1.82) is 0 Å². The van der Waals surface area contributed by atoms with Crippen LogP contribution in [0, 0.1) is 0 Å². The fraction of sp³-hybridized carbons (Fsp3) is 0.625. The molecule has 1 atom stereocenters. The van der Waals surface area contributed by atoms with E-state index < -0.39 is 0 Å². The number of hydrogen-bond donors (Lipinski definition) is 2. The molecule has 0 spiro atoms. The molecule has 1 unspecified atom stereocenters. The molecule has 0 aromatic carbocycles. The molecule has 0 saturated heterocycles. The first kappa shape index (κ1) is 11.0. The van der Waals surface area contributed by atoms with E-state index in [1.807, 2.05) is 13.8 Å². The number of nitrogens with two attached hydrogens (primary N) is 1. The van der Waals surface area contributed by atoms with Crippen LogP contribution in [0.25, 0.3) is 0 Å². The molecule has 5 nitrogen and oxygen atoms in total. The predicted octanol–water partition coefficient (Wildman–Crippen LogP) is 1.57. The molecule has 0 aliphatic rings. The molecule has 0 radical (unpaired) electrons. The maximum absolute atomic E-state index is 5.85. The van der Waals surface area contributed by atoms with Gasteiger partial charge in [-0.25, -0.2) is 0 Å². The molecule has 1 aromatic rings. The minimum absolute atomic E-state index is 0.186. The largest absolute Gasteiger partial charge is 0.368 e. The van der Waals surface area contributed by atoms with Gasteiger partial charge in [0.1, 0.15) is 0 Å². The van der Waals surface area contributed by atoms with Gasteiger partial charge in [0.25, 0.3) is 0 Å². The average Bonchev–Trinajstić information content (AvgIpc) is 2.01. The van der Waals surface area contributed by atoms with Crippen LogP contribution in [0.1, 0.15) is 32.0 Å². The van der Waals surface area contributed by atoms with Gasteiger partial charge in [0, 0.05) is 6.04 Å². The lowest BCUT2D eigenvalue weighted by Crippen LogP contribution is -2.15. The summed E-state index contributed by atoms with van der Waals surface area (Å²) >= 11 is 5.85. The maximum atomic E-state index is 5.85. The van der Waals surface area contributed by atoms with Crippen LogP contribution in [0.3, 0.4) is 0 Å². The lowest BCUT2D eigenvalue weighted by molar-refractivity contribution is 0.836. The summed E-state index contributed by atoms with van der Waals surface area (Å²) in [7, 11) is 0. The molecule has 1 heterocycles. The second-order valence-electron chi connectivity index (χ2n) is 3.29. The molecule has 0 amide bonds. The van der Waals surface area contributed by atoms with Crippen LogP contribution in [-0.2, 0) is 0 Å². The first-order valence-electron chi connectivity index (χ1n) is 4.41. The smallest absolute Gasteiger partial charge is 0.227 e. The number of nitrogen functional groups attached to an aromatic ring is 1. The lowest BCUT2D eigenvalue weighted by atomic mass is 10.4. The van der Waals surface area contributed by atoms with E-state index in [1.54, 1.807) is 6.92 Å². The summed E-state index contributed by atoms with van der Waals surface area (Å²) < 4.78 is 0. The molecule has 3 N–H and O–H groups in total. The van der Waals surface area contributed by atoms with E-state index in [2.05, 4.69) is 20.3 Å². The number of nitrogens with one attached hydrogen (secondary N) is 1. The Morgan fingerprint density at radius 1 is 1.21 bits per heavy atom. The minimum atomic E-state index is -0.270. The van der Waals surface area contributed by atoms with Gasteiger partial charge in [0.15, 0.2) is 5.82 Å². The van der Waals surface area contributed by atoms with Gasteiger partial charge in [0.05, 0.1) is 5.38 Å². The highest BCUT2D eigenvalue weighted by Crippen LogP contribution is 2.16. The van der Waals surface area contributed by atoms with Crippen molar-refractivity contribution >= 4 is 23.5 Å². The van der Waals surface area contributed by atoms with E-state index in [4.69, 9.17) is 17.3 Å². The quantitative estimate of drug-likeness (QED) is 0.749. The highest BCUT2D eigenvalue weighted by molar-refractivity contribution is 6.20. The van der Waals surface area contributed by atoms with E-state index in [0.717, 1.165) is 0 Å². The highest BCUT2D eigenvalue weighted by atomic mass is 35.5. The van der Waals surface area contributed by atoms with Crippen molar-refractivity contribution in [3.05, 3.63) is 5.82 Å². The third-order valence-corrected chi connectivity index (χ3v) is 1.64. The Balaban J connectivity index is 2.95. The van der Waals surface area contributed by atoms with Crippen molar-refractivity contribution < 1.29 is 0 Å². The second-order valence-corrected chi connectivity index (χ2v) is 3.95. The highest BCUT2D eigenvalue weighted by Gasteiger charge is 2.09. The van der Waals surface area contributed by atoms with Crippen molar-refractivity contribution in [2.75, 3.05) is 11.1 Å². The summed E-state index contributed by atoms with van der Waals surface area (Å²) in [6.45, 7) is 5.77. The number of halogens is 1. The van der Waals surface area contributed by atoms with Crippen LogP contribution < -0.4 is 11.1 Å². The topological polar surface area (TPSA) is 76.7 Å². The van der Waals surface area contributed by atoms with Gasteiger partial charge >= 0.3 is 0 Å².